The molecule has 82 valence electrons. The zero-order valence-electron chi connectivity index (χ0n) is 9.63. The summed E-state index contributed by atoms with van der Waals surface area (Å²) < 4.78 is 0. The van der Waals surface area contributed by atoms with E-state index in [-0.39, 0.29) is 0 Å². The predicted octanol–water partition coefficient (Wildman–Crippen LogP) is 3.67. The molecule has 16 heavy (non-hydrogen) atoms. The monoisotopic (exact) mass is 272 g/mol. The van der Waals surface area contributed by atoms with Crippen LogP contribution in [-0.4, -0.2) is 14.7 Å². The van der Waals surface area contributed by atoms with Gasteiger partial charge in [0.25, 0.3) is 0 Å². The Hall–Kier alpha value is -1.00. The van der Waals surface area contributed by atoms with Crippen molar-refractivity contribution < 1.29 is 0 Å². The summed E-state index contributed by atoms with van der Waals surface area (Å²) >= 11 is -0.723. The number of hydrogen-bond donors (Lipinski definition) is 0. The van der Waals surface area contributed by atoms with Gasteiger partial charge in [-0.05, 0) is 0 Å². The van der Waals surface area contributed by atoms with Crippen LogP contribution in [0.4, 0.5) is 0 Å². The molecule has 0 aromatic heterocycles. The van der Waals surface area contributed by atoms with Gasteiger partial charge in [-0.15, -0.1) is 0 Å². The molecule has 0 aliphatic heterocycles. The molecule has 0 aliphatic rings. The first-order valence-electron chi connectivity index (χ1n) is 5.61. The summed E-state index contributed by atoms with van der Waals surface area (Å²) in [6, 6.07) is 21.7. The van der Waals surface area contributed by atoms with Gasteiger partial charge in [-0.25, -0.2) is 0 Å². The summed E-state index contributed by atoms with van der Waals surface area (Å²) in [4.78, 5) is 0. The Labute approximate surface area is 103 Å². The maximum absolute atomic E-state index is 2.47. The fourth-order valence-electron chi connectivity index (χ4n) is 1.85. The van der Waals surface area contributed by atoms with Gasteiger partial charge >= 0.3 is 103 Å². The van der Waals surface area contributed by atoms with E-state index < -0.39 is 14.7 Å². The van der Waals surface area contributed by atoms with Crippen LogP contribution in [0.1, 0.15) is 11.1 Å². The minimum absolute atomic E-state index is 0.723. The van der Waals surface area contributed by atoms with E-state index in [0.29, 0.717) is 0 Å². The molecule has 2 aromatic carbocycles. The van der Waals surface area contributed by atoms with E-state index in [1.165, 1.54) is 21.5 Å². The summed E-state index contributed by atoms with van der Waals surface area (Å²) in [6.07, 6.45) is 0. The van der Waals surface area contributed by atoms with E-state index in [0.717, 1.165) is 0 Å². The average Bonchev–Trinajstić information content (AvgIpc) is 2.31. The molecule has 0 heterocycles. The van der Waals surface area contributed by atoms with Crippen molar-refractivity contribution in [2.45, 2.75) is 16.1 Å². The number of rotatable bonds is 4. The third-order valence-corrected chi connectivity index (χ3v) is 6.39. The Morgan fingerprint density at radius 1 is 0.688 bits per heavy atom. The molecule has 0 nitrogen and oxygen atoms in total. The third-order valence-electron chi connectivity index (χ3n) is 2.59. The zero-order chi connectivity index (χ0) is 11.2. The topological polar surface area (TPSA) is 0 Å². The molecule has 0 bridgehead atoms. The third kappa shape index (κ3) is 3.54. The van der Waals surface area contributed by atoms with Crippen molar-refractivity contribution >= 4 is 14.7 Å². The Kier molecular flexibility index (Phi) is 4.24. The summed E-state index contributed by atoms with van der Waals surface area (Å²) in [7, 11) is 0. The fourth-order valence-corrected chi connectivity index (χ4v) is 5.58. The Bertz CT molecular complexity index is 366. The first-order chi connectivity index (χ1) is 7.84. The van der Waals surface area contributed by atoms with Crippen LogP contribution in [0.5, 0.6) is 0 Å². The molecule has 0 atom stereocenters. The van der Waals surface area contributed by atoms with Gasteiger partial charge in [-0.3, -0.25) is 0 Å². The molecule has 0 radical (unpaired) electrons. The molecular formula is C15H17As. The van der Waals surface area contributed by atoms with E-state index in [1.54, 1.807) is 0 Å². The molecule has 1 heteroatoms. The van der Waals surface area contributed by atoms with Crippen molar-refractivity contribution in [2.75, 3.05) is 0 Å². The van der Waals surface area contributed by atoms with Crippen molar-refractivity contribution in [2.24, 2.45) is 0 Å². The van der Waals surface area contributed by atoms with E-state index in [2.05, 4.69) is 66.4 Å². The van der Waals surface area contributed by atoms with Crippen LogP contribution in [0.3, 0.4) is 0 Å². The fraction of sp³-hybridized carbons (Fsp3) is 0.200. The first kappa shape index (κ1) is 11.5. The van der Waals surface area contributed by atoms with Gasteiger partial charge < -0.3 is 0 Å². The Balaban J connectivity index is 1.92. The summed E-state index contributed by atoms with van der Waals surface area (Å²) in [5.74, 6) is 0. The van der Waals surface area contributed by atoms with Crippen LogP contribution in [-0.2, 0) is 10.4 Å². The van der Waals surface area contributed by atoms with Crippen molar-refractivity contribution in [1.82, 2.24) is 0 Å². The first-order valence-corrected chi connectivity index (χ1v) is 10.1. The van der Waals surface area contributed by atoms with Crippen LogP contribution < -0.4 is 0 Å². The van der Waals surface area contributed by atoms with E-state index in [1.807, 2.05) is 0 Å². The Morgan fingerprint density at radius 2 is 1.06 bits per heavy atom. The molecule has 0 N–H and O–H groups in total. The summed E-state index contributed by atoms with van der Waals surface area (Å²) in [6.45, 7) is 0. The predicted molar refractivity (Wildman–Crippen MR) is 71.9 cm³/mol. The van der Waals surface area contributed by atoms with Crippen molar-refractivity contribution in [3.63, 3.8) is 0 Å². The van der Waals surface area contributed by atoms with Crippen LogP contribution in [0.25, 0.3) is 0 Å². The van der Waals surface area contributed by atoms with Gasteiger partial charge in [0.05, 0.1) is 0 Å². The van der Waals surface area contributed by atoms with E-state index in [9.17, 15) is 0 Å². The molecule has 0 aliphatic carbocycles. The van der Waals surface area contributed by atoms with Crippen molar-refractivity contribution in [3.05, 3.63) is 71.8 Å². The molecule has 0 unspecified atom stereocenters. The molecule has 2 aromatic rings. The van der Waals surface area contributed by atoms with Gasteiger partial charge in [0.2, 0.25) is 0 Å². The average molecular weight is 272 g/mol. The van der Waals surface area contributed by atoms with E-state index in [4.69, 9.17) is 0 Å². The standard InChI is InChI=1S/C15H17As/c1-16(12-14-8-4-2-5-9-14)13-15-10-6-3-7-11-15/h2-11H,12-13H2,1H3. The van der Waals surface area contributed by atoms with Crippen LogP contribution >= 0.6 is 0 Å². The molecule has 0 saturated heterocycles. The van der Waals surface area contributed by atoms with Gasteiger partial charge in [0.1, 0.15) is 0 Å². The molecule has 2 rings (SSSR count). The summed E-state index contributed by atoms with van der Waals surface area (Å²) in [5.41, 5.74) is 5.47. The normalized spacial score (nSPS) is 10.6. The van der Waals surface area contributed by atoms with E-state index >= 15 is 0 Å². The van der Waals surface area contributed by atoms with Crippen LogP contribution in [0.2, 0.25) is 5.71 Å². The quantitative estimate of drug-likeness (QED) is 0.745. The second-order valence-electron chi connectivity index (χ2n) is 4.14. The zero-order valence-corrected chi connectivity index (χ0v) is 11.5. The molecule has 0 fully saturated rings. The van der Waals surface area contributed by atoms with Crippen molar-refractivity contribution in [1.29, 1.82) is 0 Å². The molecule has 0 spiro atoms. The number of benzene rings is 2. The number of hydrogen-bond acceptors (Lipinski definition) is 0. The second-order valence-corrected chi connectivity index (χ2v) is 9.06. The van der Waals surface area contributed by atoms with Crippen LogP contribution in [0.15, 0.2) is 60.7 Å². The van der Waals surface area contributed by atoms with Gasteiger partial charge in [-0.2, -0.15) is 0 Å². The SMILES string of the molecule is C[As](Cc1ccccc1)Cc1ccccc1. The molecule has 0 saturated carbocycles. The minimum atomic E-state index is -0.723. The molecular weight excluding hydrogens is 255 g/mol. The van der Waals surface area contributed by atoms with Crippen molar-refractivity contribution in [3.8, 4) is 0 Å². The molecule has 0 amide bonds. The van der Waals surface area contributed by atoms with Crippen LogP contribution in [0, 0.1) is 0 Å². The Morgan fingerprint density at radius 3 is 1.44 bits per heavy atom. The van der Waals surface area contributed by atoms with Gasteiger partial charge in [0.15, 0.2) is 0 Å². The second kappa shape index (κ2) is 5.91. The summed E-state index contributed by atoms with van der Waals surface area (Å²) in [5, 5.41) is 2.62. The van der Waals surface area contributed by atoms with Gasteiger partial charge in [0, 0.05) is 0 Å². The van der Waals surface area contributed by atoms with Gasteiger partial charge in [-0.1, -0.05) is 0 Å². The maximum atomic E-state index is 2.47.